The van der Waals surface area contributed by atoms with Crippen LogP contribution in [0.15, 0.2) is 18.2 Å². The highest BCUT2D eigenvalue weighted by Gasteiger charge is 2.21. The van der Waals surface area contributed by atoms with Crippen molar-refractivity contribution in [2.24, 2.45) is 0 Å². The van der Waals surface area contributed by atoms with Crippen LogP contribution in [0.2, 0.25) is 0 Å². The Balaban J connectivity index is 2.15. The van der Waals surface area contributed by atoms with Gasteiger partial charge in [-0.05, 0) is 12.1 Å². The van der Waals surface area contributed by atoms with Crippen molar-refractivity contribution in [3.63, 3.8) is 0 Å². The quantitative estimate of drug-likeness (QED) is 0.867. The minimum Gasteiger partial charge on any atom is -0.497 e. The molecule has 1 fully saturated rings. The van der Waals surface area contributed by atoms with Crippen LogP contribution < -0.4 is 10.1 Å². The number of carbonyl (C=O) groups is 2. The first-order valence-corrected chi connectivity index (χ1v) is 7.82. The molecular formula is C13H16N2O5S. The third-order valence-corrected chi connectivity index (χ3v) is 4.44. The average molecular weight is 312 g/mol. The van der Waals surface area contributed by atoms with E-state index in [4.69, 9.17) is 9.84 Å². The second-order valence-electron chi connectivity index (χ2n) is 4.48. The number of benzene rings is 1. The minimum absolute atomic E-state index is 0.00950. The second-order valence-corrected chi connectivity index (χ2v) is 6.18. The van der Waals surface area contributed by atoms with Gasteiger partial charge in [-0.2, -0.15) is 0 Å². The summed E-state index contributed by atoms with van der Waals surface area (Å²) in [6, 6.07) is 3.96. The maximum atomic E-state index is 12.1. The third-order valence-electron chi connectivity index (χ3n) is 3.16. The zero-order valence-corrected chi connectivity index (χ0v) is 12.3. The lowest BCUT2D eigenvalue weighted by molar-refractivity contribution is 0.0698. The maximum Gasteiger partial charge on any atom is 0.337 e. The molecule has 21 heavy (non-hydrogen) atoms. The number of methoxy groups -OCH3 is 1. The Morgan fingerprint density at radius 3 is 2.57 bits per heavy atom. The van der Waals surface area contributed by atoms with E-state index < -0.39 is 22.8 Å². The van der Waals surface area contributed by atoms with Gasteiger partial charge in [-0.3, -0.25) is 4.21 Å². The molecule has 1 aliphatic rings. The molecule has 8 heteroatoms. The van der Waals surface area contributed by atoms with Gasteiger partial charge >= 0.3 is 12.0 Å². The summed E-state index contributed by atoms with van der Waals surface area (Å²) in [5, 5.41) is 11.7. The van der Waals surface area contributed by atoms with Crippen molar-refractivity contribution in [1.82, 2.24) is 4.90 Å². The molecule has 0 radical (unpaired) electrons. The molecule has 1 aromatic carbocycles. The number of rotatable bonds is 3. The summed E-state index contributed by atoms with van der Waals surface area (Å²) in [6.45, 7) is 0.787. The molecular weight excluding hydrogens is 296 g/mol. The van der Waals surface area contributed by atoms with Gasteiger partial charge in [0.15, 0.2) is 0 Å². The predicted molar refractivity (Wildman–Crippen MR) is 78.4 cm³/mol. The fraction of sp³-hybridized carbons (Fsp3) is 0.385. The zero-order chi connectivity index (χ0) is 15.4. The van der Waals surface area contributed by atoms with E-state index in [-0.39, 0.29) is 11.3 Å². The van der Waals surface area contributed by atoms with Crippen molar-refractivity contribution in [3.05, 3.63) is 23.8 Å². The molecule has 0 saturated carbocycles. The highest BCUT2D eigenvalue weighted by molar-refractivity contribution is 7.85. The number of ether oxygens (including phenoxy) is 1. The van der Waals surface area contributed by atoms with E-state index in [1.165, 1.54) is 30.2 Å². The number of anilines is 1. The number of carboxylic acids is 1. The zero-order valence-electron chi connectivity index (χ0n) is 11.5. The van der Waals surface area contributed by atoms with Crippen LogP contribution in [0.4, 0.5) is 10.5 Å². The average Bonchev–Trinajstić information content (AvgIpc) is 2.47. The number of aromatic carboxylic acids is 1. The number of hydrogen-bond acceptors (Lipinski definition) is 4. The van der Waals surface area contributed by atoms with Gasteiger partial charge in [-0.1, -0.05) is 0 Å². The largest absolute Gasteiger partial charge is 0.497 e. The van der Waals surface area contributed by atoms with E-state index in [0.29, 0.717) is 30.3 Å². The van der Waals surface area contributed by atoms with Crippen molar-refractivity contribution < 1.29 is 23.6 Å². The molecule has 0 aromatic heterocycles. The topological polar surface area (TPSA) is 95.9 Å². The molecule has 2 N–H and O–H groups in total. The smallest absolute Gasteiger partial charge is 0.337 e. The van der Waals surface area contributed by atoms with Gasteiger partial charge in [0.1, 0.15) is 5.75 Å². The number of amides is 2. The molecule has 1 saturated heterocycles. The van der Waals surface area contributed by atoms with Crippen LogP contribution in [0.5, 0.6) is 5.75 Å². The Kier molecular flexibility index (Phi) is 4.79. The van der Waals surface area contributed by atoms with Crippen molar-refractivity contribution in [2.45, 2.75) is 0 Å². The summed E-state index contributed by atoms with van der Waals surface area (Å²) >= 11 is 0. The first-order chi connectivity index (χ1) is 10.0. The molecule has 1 heterocycles. The van der Waals surface area contributed by atoms with Crippen molar-refractivity contribution >= 4 is 28.5 Å². The molecule has 114 valence electrons. The third kappa shape index (κ3) is 3.72. The number of hydrogen-bond donors (Lipinski definition) is 2. The highest BCUT2D eigenvalue weighted by atomic mass is 32.2. The molecule has 2 rings (SSSR count). The van der Waals surface area contributed by atoms with Crippen molar-refractivity contribution in [3.8, 4) is 5.75 Å². The maximum absolute atomic E-state index is 12.1. The summed E-state index contributed by atoms with van der Waals surface area (Å²) in [7, 11) is 0.583. The molecule has 7 nitrogen and oxygen atoms in total. The summed E-state index contributed by atoms with van der Waals surface area (Å²) in [4.78, 5) is 24.8. The van der Waals surface area contributed by atoms with E-state index in [0.717, 1.165) is 0 Å². The van der Waals surface area contributed by atoms with Gasteiger partial charge in [-0.15, -0.1) is 0 Å². The lowest BCUT2D eigenvalue weighted by atomic mass is 10.1. The fourth-order valence-corrected chi connectivity index (χ4v) is 3.03. The van der Waals surface area contributed by atoms with Crippen LogP contribution in [0.1, 0.15) is 10.4 Å². The van der Waals surface area contributed by atoms with Crippen LogP contribution in [-0.4, -0.2) is 57.9 Å². The van der Waals surface area contributed by atoms with Crippen LogP contribution >= 0.6 is 0 Å². The highest BCUT2D eigenvalue weighted by Crippen LogP contribution is 2.23. The van der Waals surface area contributed by atoms with E-state index in [2.05, 4.69) is 5.32 Å². The Hall–Kier alpha value is -2.09. The van der Waals surface area contributed by atoms with E-state index in [9.17, 15) is 13.8 Å². The van der Waals surface area contributed by atoms with E-state index >= 15 is 0 Å². The Morgan fingerprint density at radius 2 is 2.00 bits per heavy atom. The molecule has 1 aliphatic heterocycles. The molecule has 0 unspecified atom stereocenters. The van der Waals surface area contributed by atoms with Crippen LogP contribution in [0.3, 0.4) is 0 Å². The molecule has 0 aliphatic carbocycles. The lowest BCUT2D eigenvalue weighted by Crippen LogP contribution is -2.44. The second kappa shape index (κ2) is 6.57. The fourth-order valence-electron chi connectivity index (χ4n) is 1.98. The molecule has 0 atom stereocenters. The Morgan fingerprint density at radius 1 is 1.33 bits per heavy atom. The van der Waals surface area contributed by atoms with Gasteiger partial charge in [0.25, 0.3) is 0 Å². The molecule has 2 amide bonds. The minimum atomic E-state index is -1.13. The summed E-state index contributed by atoms with van der Waals surface area (Å²) in [6.07, 6.45) is 0. The lowest BCUT2D eigenvalue weighted by Gasteiger charge is -2.26. The van der Waals surface area contributed by atoms with E-state index in [1.807, 2.05) is 0 Å². The molecule has 1 aromatic rings. The van der Waals surface area contributed by atoms with Gasteiger partial charge in [0, 0.05) is 41.5 Å². The normalized spacial score (nSPS) is 15.6. The number of carbonyl (C=O) groups excluding carboxylic acids is 1. The number of nitrogens with zero attached hydrogens (tertiary/aromatic N) is 1. The SMILES string of the molecule is COc1ccc(C(=O)O)c(NC(=O)N2CCS(=O)CC2)c1. The van der Waals surface area contributed by atoms with Crippen molar-refractivity contribution in [2.75, 3.05) is 37.0 Å². The summed E-state index contributed by atoms with van der Waals surface area (Å²) in [5.41, 5.74) is 0.170. The number of nitrogens with one attached hydrogen (secondary N) is 1. The predicted octanol–water partition coefficient (Wildman–Crippen LogP) is 0.990. The standard InChI is InChI=1S/C13H16N2O5S/c1-20-9-2-3-10(12(16)17)11(8-9)14-13(18)15-4-6-21(19)7-5-15/h2-3,8H,4-7H2,1H3,(H,14,18)(H,16,17). The first kappa shape index (κ1) is 15.3. The Labute approximate surface area is 124 Å². The van der Waals surface area contributed by atoms with Crippen LogP contribution in [-0.2, 0) is 10.8 Å². The van der Waals surface area contributed by atoms with Gasteiger partial charge in [0.2, 0.25) is 0 Å². The van der Waals surface area contributed by atoms with Crippen LogP contribution in [0, 0.1) is 0 Å². The van der Waals surface area contributed by atoms with Crippen LogP contribution in [0.25, 0.3) is 0 Å². The summed E-state index contributed by atoms with van der Waals surface area (Å²) in [5.74, 6) is 0.206. The number of urea groups is 1. The molecule has 0 spiro atoms. The van der Waals surface area contributed by atoms with Gasteiger partial charge < -0.3 is 20.1 Å². The Bertz CT molecular complexity index is 580. The monoisotopic (exact) mass is 312 g/mol. The molecule has 0 bridgehead atoms. The first-order valence-electron chi connectivity index (χ1n) is 6.33. The van der Waals surface area contributed by atoms with Crippen molar-refractivity contribution in [1.29, 1.82) is 0 Å². The van der Waals surface area contributed by atoms with Gasteiger partial charge in [0.05, 0.1) is 18.4 Å². The number of carboxylic acid groups (broad SMARTS) is 1. The van der Waals surface area contributed by atoms with E-state index in [1.54, 1.807) is 0 Å². The summed E-state index contributed by atoms with van der Waals surface area (Å²) < 4.78 is 16.3. The van der Waals surface area contributed by atoms with Gasteiger partial charge in [-0.25, -0.2) is 9.59 Å².